The molecule has 4 heterocycles. The van der Waals surface area contributed by atoms with Crippen LogP contribution in [-0.4, -0.2) is 209 Å². The van der Waals surface area contributed by atoms with E-state index in [0.29, 0.717) is 26.1 Å². The van der Waals surface area contributed by atoms with E-state index in [-0.39, 0.29) is 37.8 Å². The number of ether oxygens (including phenoxy) is 6. The number of carbonyl (C=O) groups excluding carboxylic acids is 2. The molecule has 0 aromatic carbocycles. The lowest BCUT2D eigenvalue weighted by Crippen LogP contribution is -2.69. The van der Waals surface area contributed by atoms with Crippen LogP contribution in [0.3, 0.4) is 0 Å². The molecular weight excluding hydrogens is 819 g/mol. The van der Waals surface area contributed by atoms with Crippen LogP contribution in [0.2, 0.25) is 0 Å². The summed E-state index contributed by atoms with van der Waals surface area (Å²) in [5.74, 6) is -2.91. The Morgan fingerprint density at radius 3 is 2.17 bits per heavy atom. The predicted molar refractivity (Wildman–Crippen MR) is 236 cm³/mol. The number of hydrogen-bond acceptors (Lipinski definition) is 16. The number of carbonyl (C=O) groups is 2. The van der Waals surface area contributed by atoms with Gasteiger partial charge in [0.1, 0.15) is 35.1 Å². The van der Waals surface area contributed by atoms with Crippen LogP contribution in [0.4, 0.5) is 4.79 Å². The van der Waals surface area contributed by atoms with Gasteiger partial charge in [0.25, 0.3) is 0 Å². The highest BCUT2D eigenvalue weighted by Crippen LogP contribution is 2.43. The Hall–Kier alpha value is -1.78. The van der Waals surface area contributed by atoms with Gasteiger partial charge < -0.3 is 79.3 Å². The zero-order valence-corrected chi connectivity index (χ0v) is 40.7. The van der Waals surface area contributed by atoms with Crippen molar-refractivity contribution in [2.75, 3.05) is 67.0 Å². The number of aliphatic hydroxyl groups excluding tert-OH is 2. The molecule has 4 rings (SSSR count). The summed E-state index contributed by atoms with van der Waals surface area (Å²) in [5.41, 5.74) is -6.16. The van der Waals surface area contributed by atoms with Crippen molar-refractivity contribution in [2.24, 2.45) is 17.8 Å². The van der Waals surface area contributed by atoms with E-state index >= 15 is 0 Å². The van der Waals surface area contributed by atoms with Gasteiger partial charge in [-0.2, -0.15) is 0 Å². The smallest absolute Gasteiger partial charge is 0.320 e. The third-order valence-electron chi connectivity index (χ3n) is 14.9. The monoisotopic (exact) mass is 904 g/mol. The SMILES string of the molecule is CC[C@H]1OC(=O)[C@H](C)[C@@H](O[C@H]2C[C@@](C)(OC)[C@](O)(CNC)[C@H](C)O2)[C@H](C)[C@@H](O[C@@H]2O[C@H](C)C[C@H](N(C)C(=O)N3CCN(CC)CC3)[C@H]2O)[C@](C)(O)C[C@@H](C)CN[C@H](C)[C@@H](O)[C@]1(C)O. The third-order valence-corrected chi connectivity index (χ3v) is 14.9. The lowest BCUT2D eigenvalue weighted by molar-refractivity contribution is -0.336. The number of rotatable bonds is 10. The van der Waals surface area contributed by atoms with Crippen molar-refractivity contribution >= 4 is 12.0 Å². The average Bonchev–Trinajstić information content (AvgIpc) is 3.23. The second-order valence-corrected chi connectivity index (χ2v) is 19.9. The van der Waals surface area contributed by atoms with Crippen LogP contribution >= 0.6 is 0 Å². The molecular formula is C45H85N5O13. The molecule has 4 aliphatic rings. The predicted octanol–water partition coefficient (Wildman–Crippen LogP) is 1.28. The lowest BCUT2D eigenvalue weighted by atomic mass is 9.75. The van der Waals surface area contributed by atoms with Gasteiger partial charge in [-0.1, -0.05) is 27.7 Å². The Kier molecular flexibility index (Phi) is 18.7. The topological polar surface area (TPSA) is 224 Å². The van der Waals surface area contributed by atoms with Crippen molar-refractivity contribution in [1.82, 2.24) is 25.3 Å². The van der Waals surface area contributed by atoms with E-state index in [9.17, 15) is 35.1 Å². The Morgan fingerprint density at radius 2 is 1.60 bits per heavy atom. The minimum atomic E-state index is -1.85. The van der Waals surface area contributed by atoms with E-state index in [1.54, 1.807) is 72.4 Å². The number of nitrogens with one attached hydrogen (secondary N) is 2. The lowest BCUT2D eigenvalue weighted by Gasteiger charge is -2.53. The normalized spacial score (nSPS) is 45.5. The number of amides is 2. The van der Waals surface area contributed by atoms with E-state index in [4.69, 9.17) is 28.4 Å². The number of piperazine rings is 1. The first-order chi connectivity index (χ1) is 29.3. The van der Waals surface area contributed by atoms with Crippen LogP contribution in [0.1, 0.15) is 102 Å². The third kappa shape index (κ3) is 11.9. The van der Waals surface area contributed by atoms with Gasteiger partial charge in [0, 0.05) is 65.3 Å². The first kappa shape index (κ1) is 53.8. The fourth-order valence-corrected chi connectivity index (χ4v) is 10.5. The molecule has 0 radical (unpaired) electrons. The van der Waals surface area contributed by atoms with Crippen molar-refractivity contribution in [1.29, 1.82) is 0 Å². The number of hydrogen-bond donors (Lipinski definition) is 7. The summed E-state index contributed by atoms with van der Waals surface area (Å²) in [6.45, 7) is 23.4. The van der Waals surface area contributed by atoms with E-state index in [2.05, 4.69) is 22.5 Å². The van der Waals surface area contributed by atoms with Gasteiger partial charge in [-0.25, -0.2) is 4.79 Å². The summed E-state index contributed by atoms with van der Waals surface area (Å²) < 4.78 is 38.5. The number of nitrogens with zero attached hydrogens (tertiary/aromatic N) is 3. The zero-order valence-electron chi connectivity index (χ0n) is 40.7. The fraction of sp³-hybridized carbons (Fsp3) is 0.956. The van der Waals surface area contributed by atoms with Gasteiger partial charge in [0.2, 0.25) is 0 Å². The first-order valence-electron chi connectivity index (χ1n) is 23.3. The van der Waals surface area contributed by atoms with Gasteiger partial charge in [-0.05, 0) is 93.8 Å². The van der Waals surface area contributed by atoms with Crippen LogP contribution in [0.5, 0.6) is 0 Å². The Bertz CT molecular complexity index is 1470. The Morgan fingerprint density at radius 1 is 0.968 bits per heavy atom. The molecule has 4 saturated heterocycles. The minimum Gasteiger partial charge on any atom is -0.459 e. The van der Waals surface area contributed by atoms with Gasteiger partial charge in [-0.3, -0.25) is 4.79 Å². The molecule has 7 N–H and O–H groups in total. The summed E-state index contributed by atoms with van der Waals surface area (Å²) >= 11 is 0. The first-order valence-corrected chi connectivity index (χ1v) is 23.3. The molecule has 368 valence electrons. The molecule has 4 aliphatic heterocycles. The summed E-state index contributed by atoms with van der Waals surface area (Å²) in [6.07, 6.45) is -8.93. The molecule has 0 aromatic heterocycles. The molecule has 0 unspecified atom stereocenters. The summed E-state index contributed by atoms with van der Waals surface area (Å²) in [6, 6.07) is -1.52. The highest BCUT2D eigenvalue weighted by atomic mass is 16.7. The molecule has 18 heteroatoms. The maximum atomic E-state index is 14.4. The van der Waals surface area contributed by atoms with E-state index < -0.39 is 108 Å². The minimum absolute atomic E-state index is 0.0511. The van der Waals surface area contributed by atoms with Crippen molar-refractivity contribution in [3.63, 3.8) is 0 Å². The number of urea groups is 1. The maximum absolute atomic E-state index is 14.4. The molecule has 0 aliphatic carbocycles. The number of esters is 1. The van der Waals surface area contributed by atoms with Crippen LogP contribution in [0.25, 0.3) is 0 Å². The largest absolute Gasteiger partial charge is 0.459 e. The van der Waals surface area contributed by atoms with Crippen molar-refractivity contribution in [2.45, 2.75) is 192 Å². The van der Waals surface area contributed by atoms with Crippen molar-refractivity contribution in [3.05, 3.63) is 0 Å². The number of methoxy groups -OCH3 is 1. The summed E-state index contributed by atoms with van der Waals surface area (Å²) in [4.78, 5) is 34.0. The Balaban J connectivity index is 1.78. The molecule has 0 saturated carbocycles. The molecule has 2 amide bonds. The maximum Gasteiger partial charge on any atom is 0.320 e. The highest BCUT2D eigenvalue weighted by molar-refractivity contribution is 5.75. The number of cyclic esters (lactones) is 1. The van der Waals surface area contributed by atoms with Gasteiger partial charge in [-0.15, -0.1) is 0 Å². The second kappa shape index (κ2) is 21.9. The quantitative estimate of drug-likeness (QED) is 0.153. The van der Waals surface area contributed by atoms with Crippen LogP contribution in [0.15, 0.2) is 0 Å². The molecule has 0 bridgehead atoms. The van der Waals surface area contributed by atoms with E-state index in [1.807, 2.05) is 13.8 Å². The zero-order chi connectivity index (χ0) is 47.4. The molecule has 4 fully saturated rings. The van der Waals surface area contributed by atoms with Crippen LogP contribution in [-0.2, 0) is 33.2 Å². The number of aliphatic hydroxyl groups is 5. The van der Waals surface area contributed by atoms with Gasteiger partial charge in [0.15, 0.2) is 12.6 Å². The second-order valence-electron chi connectivity index (χ2n) is 19.9. The highest BCUT2D eigenvalue weighted by Gasteiger charge is 2.58. The van der Waals surface area contributed by atoms with Crippen molar-refractivity contribution in [3.8, 4) is 0 Å². The number of likely N-dealkylation sites (N-methyl/N-ethyl adjacent to an activating group) is 3. The van der Waals surface area contributed by atoms with Crippen LogP contribution < -0.4 is 10.6 Å². The molecule has 0 spiro atoms. The Labute approximate surface area is 376 Å². The van der Waals surface area contributed by atoms with E-state index in [1.165, 1.54) is 14.0 Å². The standard InChI is InChI=1S/C45H85N5O13/c1-15-33-44(11,56)37(52)30(7)47-24-26(3)22-42(9,55)38(63-40-35(51)32(21-27(4)59-40)48(13)41(54)50-19-17-49(16-2)18-20-50)28(5)36(29(6)39(53)61-33)62-34-23-43(10,58-14)45(57,25-46-12)31(8)60-34/h26-38,40,46-47,51-52,55-57H,15-25H2,1-14H3/t26-,27-,28+,29-,30-,31+,32+,33-,34+,35-,36+,37-,38-,40+,42-,43-,44-,45+/m1/s1. The average molecular weight is 904 g/mol. The van der Waals surface area contributed by atoms with Crippen LogP contribution in [0, 0.1) is 17.8 Å². The molecule has 18 nitrogen and oxygen atoms in total. The van der Waals surface area contributed by atoms with Gasteiger partial charge in [0.05, 0.1) is 42.0 Å². The molecule has 18 atom stereocenters. The summed E-state index contributed by atoms with van der Waals surface area (Å²) in [7, 11) is 4.91. The molecule has 0 aromatic rings. The van der Waals surface area contributed by atoms with Crippen molar-refractivity contribution < 1.29 is 63.5 Å². The van der Waals surface area contributed by atoms with E-state index in [0.717, 1.165) is 19.6 Å². The van der Waals surface area contributed by atoms with Gasteiger partial charge >= 0.3 is 12.0 Å². The fourth-order valence-electron chi connectivity index (χ4n) is 10.5. The molecule has 63 heavy (non-hydrogen) atoms. The summed E-state index contributed by atoms with van der Waals surface area (Å²) in [5, 5.41) is 66.3.